The molecule has 0 aliphatic rings. The Bertz CT molecular complexity index is 1170. The molecule has 4 aromatic rings. The largest absolute Gasteiger partial charge is 0.481 e. The summed E-state index contributed by atoms with van der Waals surface area (Å²) in [5.74, 6) is 0.844. The maximum absolute atomic E-state index is 13.1. The lowest BCUT2D eigenvalue weighted by Crippen LogP contribution is -2.10. The first-order valence-corrected chi connectivity index (χ1v) is 8.90. The molecule has 2 aromatic heterocycles. The summed E-state index contributed by atoms with van der Waals surface area (Å²) >= 11 is 6.03. The fourth-order valence-corrected chi connectivity index (χ4v) is 3.13. The minimum absolute atomic E-state index is 0.126. The van der Waals surface area contributed by atoms with Gasteiger partial charge in [-0.15, -0.1) is 0 Å². The van der Waals surface area contributed by atoms with Crippen molar-refractivity contribution in [2.45, 2.75) is 20.5 Å². The van der Waals surface area contributed by atoms with Gasteiger partial charge in [0.2, 0.25) is 16.9 Å². The Balaban J connectivity index is 1.86. The fourth-order valence-electron chi connectivity index (χ4n) is 2.92. The topological polar surface area (TPSA) is 52.6 Å². The van der Waals surface area contributed by atoms with Crippen LogP contribution in [0.15, 0.2) is 68.4 Å². The standard InChI is InChI=1S/C22H17ClO4/c1-13-9-17-19(10-14(13)2)27-21(18-7-4-8-25-18)22(20(17)24)26-12-15-5-3-6-16(23)11-15/h3-11H,12H2,1-2H3. The van der Waals surface area contributed by atoms with Gasteiger partial charge >= 0.3 is 0 Å². The Morgan fingerprint density at radius 3 is 2.59 bits per heavy atom. The maximum atomic E-state index is 13.1. The highest BCUT2D eigenvalue weighted by atomic mass is 35.5. The molecule has 0 unspecified atom stereocenters. The number of aryl methyl sites for hydroxylation is 2. The first-order chi connectivity index (χ1) is 13.0. The van der Waals surface area contributed by atoms with Gasteiger partial charge in [-0.1, -0.05) is 23.7 Å². The van der Waals surface area contributed by atoms with E-state index >= 15 is 0 Å². The van der Waals surface area contributed by atoms with E-state index in [0.717, 1.165) is 16.7 Å². The van der Waals surface area contributed by atoms with Crippen molar-refractivity contribution in [1.82, 2.24) is 0 Å². The zero-order valence-electron chi connectivity index (χ0n) is 14.9. The van der Waals surface area contributed by atoms with Crippen LogP contribution in [0.1, 0.15) is 16.7 Å². The van der Waals surface area contributed by atoms with Crippen LogP contribution in [0.5, 0.6) is 5.75 Å². The summed E-state index contributed by atoms with van der Waals surface area (Å²) in [5, 5.41) is 1.09. The van der Waals surface area contributed by atoms with Crippen LogP contribution in [0.3, 0.4) is 0 Å². The Kier molecular flexibility index (Phi) is 4.50. The van der Waals surface area contributed by atoms with Crippen LogP contribution in [-0.2, 0) is 6.61 Å². The van der Waals surface area contributed by atoms with Crippen molar-refractivity contribution in [1.29, 1.82) is 0 Å². The van der Waals surface area contributed by atoms with E-state index in [1.165, 1.54) is 6.26 Å². The number of furan rings is 1. The molecular weight excluding hydrogens is 364 g/mol. The van der Waals surface area contributed by atoms with Crippen molar-refractivity contribution in [2.75, 3.05) is 0 Å². The monoisotopic (exact) mass is 380 g/mol. The van der Waals surface area contributed by atoms with E-state index in [-0.39, 0.29) is 23.5 Å². The molecule has 2 aromatic carbocycles. The number of fused-ring (bicyclic) bond motifs is 1. The molecule has 0 aliphatic carbocycles. The highest BCUT2D eigenvalue weighted by Gasteiger charge is 2.20. The highest BCUT2D eigenvalue weighted by molar-refractivity contribution is 6.30. The smallest absolute Gasteiger partial charge is 0.235 e. The molecule has 27 heavy (non-hydrogen) atoms. The first-order valence-electron chi connectivity index (χ1n) is 8.52. The van der Waals surface area contributed by atoms with E-state index in [9.17, 15) is 4.79 Å². The SMILES string of the molecule is Cc1cc2oc(-c3ccco3)c(OCc3cccc(Cl)c3)c(=O)c2cc1C. The Hall–Kier alpha value is -2.98. The van der Waals surface area contributed by atoms with Gasteiger partial charge in [0.05, 0.1) is 11.6 Å². The second-order valence-electron chi connectivity index (χ2n) is 6.42. The van der Waals surface area contributed by atoms with Crippen molar-refractivity contribution in [3.8, 4) is 17.3 Å². The second kappa shape index (κ2) is 6.97. The molecule has 0 saturated heterocycles. The first kappa shape index (κ1) is 17.4. The summed E-state index contributed by atoms with van der Waals surface area (Å²) in [4.78, 5) is 13.1. The maximum Gasteiger partial charge on any atom is 0.235 e. The molecule has 4 rings (SSSR count). The van der Waals surface area contributed by atoms with Gasteiger partial charge in [0.15, 0.2) is 5.76 Å². The van der Waals surface area contributed by atoms with Gasteiger partial charge in [0.25, 0.3) is 0 Å². The molecule has 4 nitrogen and oxygen atoms in total. The van der Waals surface area contributed by atoms with E-state index < -0.39 is 0 Å². The van der Waals surface area contributed by atoms with Crippen molar-refractivity contribution < 1.29 is 13.6 Å². The average Bonchev–Trinajstić information content (AvgIpc) is 3.17. The third kappa shape index (κ3) is 3.36. The highest BCUT2D eigenvalue weighted by Crippen LogP contribution is 2.32. The molecule has 0 bridgehead atoms. The van der Waals surface area contributed by atoms with Crippen molar-refractivity contribution in [3.63, 3.8) is 0 Å². The van der Waals surface area contributed by atoms with Gasteiger partial charge in [-0.05, 0) is 66.9 Å². The molecule has 0 atom stereocenters. The summed E-state index contributed by atoms with van der Waals surface area (Å²) in [5.41, 5.74) is 3.19. The van der Waals surface area contributed by atoms with Crippen LogP contribution in [0.2, 0.25) is 5.02 Å². The molecule has 0 radical (unpaired) electrons. The average molecular weight is 381 g/mol. The molecule has 0 aliphatic heterocycles. The zero-order chi connectivity index (χ0) is 19.0. The lowest BCUT2D eigenvalue weighted by Gasteiger charge is -2.11. The number of hydrogen-bond donors (Lipinski definition) is 0. The summed E-state index contributed by atoms with van der Waals surface area (Å²) in [6, 6.07) is 14.5. The van der Waals surface area contributed by atoms with Gasteiger partial charge < -0.3 is 13.6 Å². The van der Waals surface area contributed by atoms with Gasteiger partial charge in [-0.25, -0.2) is 0 Å². The summed E-state index contributed by atoms with van der Waals surface area (Å²) < 4.78 is 17.4. The van der Waals surface area contributed by atoms with Crippen LogP contribution in [-0.4, -0.2) is 0 Å². The molecule has 0 amide bonds. The third-order valence-electron chi connectivity index (χ3n) is 4.48. The number of ether oxygens (including phenoxy) is 1. The van der Waals surface area contributed by atoms with Crippen LogP contribution in [0.25, 0.3) is 22.5 Å². The van der Waals surface area contributed by atoms with E-state index in [4.69, 9.17) is 25.2 Å². The minimum Gasteiger partial charge on any atom is -0.481 e. The number of rotatable bonds is 4. The number of halogens is 1. The van der Waals surface area contributed by atoms with Gasteiger partial charge in [-0.3, -0.25) is 4.79 Å². The van der Waals surface area contributed by atoms with Gasteiger partial charge in [0.1, 0.15) is 12.2 Å². The fraction of sp³-hybridized carbons (Fsp3) is 0.136. The van der Waals surface area contributed by atoms with Crippen LogP contribution in [0.4, 0.5) is 0 Å². The quantitative estimate of drug-likeness (QED) is 0.442. The van der Waals surface area contributed by atoms with E-state index in [1.54, 1.807) is 24.3 Å². The molecular formula is C22H17ClO4. The summed E-state index contributed by atoms with van der Waals surface area (Å²) in [6.07, 6.45) is 1.53. The number of hydrogen-bond acceptors (Lipinski definition) is 4. The number of benzene rings is 2. The summed E-state index contributed by atoms with van der Waals surface area (Å²) in [7, 11) is 0. The van der Waals surface area contributed by atoms with E-state index in [1.807, 2.05) is 38.1 Å². The lowest BCUT2D eigenvalue weighted by atomic mass is 10.1. The third-order valence-corrected chi connectivity index (χ3v) is 4.72. The van der Waals surface area contributed by atoms with Crippen molar-refractivity contribution >= 4 is 22.6 Å². The van der Waals surface area contributed by atoms with Crippen molar-refractivity contribution in [2.24, 2.45) is 0 Å². The predicted octanol–water partition coefficient (Wildman–Crippen LogP) is 5.90. The van der Waals surface area contributed by atoms with Crippen LogP contribution in [0, 0.1) is 13.8 Å². The molecule has 0 fully saturated rings. The van der Waals surface area contributed by atoms with Crippen LogP contribution < -0.4 is 10.2 Å². The summed E-state index contributed by atoms with van der Waals surface area (Å²) in [6.45, 7) is 4.13. The molecule has 0 spiro atoms. The Morgan fingerprint density at radius 1 is 1.04 bits per heavy atom. The molecule has 136 valence electrons. The van der Waals surface area contributed by atoms with Crippen molar-refractivity contribution in [3.05, 3.63) is 86.7 Å². The lowest BCUT2D eigenvalue weighted by molar-refractivity contribution is 0.296. The van der Waals surface area contributed by atoms with E-state index in [0.29, 0.717) is 21.8 Å². The molecule has 2 heterocycles. The Labute approximate surface area is 160 Å². The second-order valence-corrected chi connectivity index (χ2v) is 6.85. The predicted molar refractivity (Wildman–Crippen MR) is 105 cm³/mol. The van der Waals surface area contributed by atoms with E-state index in [2.05, 4.69) is 0 Å². The Morgan fingerprint density at radius 2 is 1.85 bits per heavy atom. The van der Waals surface area contributed by atoms with Gasteiger partial charge in [-0.2, -0.15) is 0 Å². The zero-order valence-corrected chi connectivity index (χ0v) is 15.7. The molecule has 0 saturated carbocycles. The van der Waals surface area contributed by atoms with Gasteiger partial charge in [0, 0.05) is 5.02 Å². The van der Waals surface area contributed by atoms with Crippen LogP contribution >= 0.6 is 11.6 Å². The minimum atomic E-state index is -0.229. The normalized spacial score (nSPS) is 11.1. The molecule has 0 N–H and O–H groups in total. The molecule has 5 heteroatoms.